The second-order valence-electron chi connectivity index (χ2n) is 3.36. The molecule has 0 fully saturated rings. The molecule has 1 heterocycles. The third-order valence-electron chi connectivity index (χ3n) is 2.23. The van der Waals surface area contributed by atoms with Crippen molar-refractivity contribution < 1.29 is 8.81 Å². The number of benzene rings is 1. The lowest BCUT2D eigenvalue weighted by Gasteiger charge is -1.93. The van der Waals surface area contributed by atoms with Gasteiger partial charge in [-0.15, -0.1) is 0 Å². The van der Waals surface area contributed by atoms with Gasteiger partial charge in [-0.25, -0.2) is 9.37 Å². The molecule has 0 bridgehead atoms. The third-order valence-corrected chi connectivity index (χ3v) is 2.23. The van der Waals surface area contributed by atoms with Gasteiger partial charge in [0.05, 0.1) is 18.2 Å². The molecular weight excluding hydrogens is 207 g/mol. The van der Waals surface area contributed by atoms with E-state index in [4.69, 9.17) is 9.68 Å². The lowest BCUT2D eigenvalue weighted by Crippen LogP contribution is -1.84. The largest absolute Gasteiger partial charge is 0.441 e. The van der Waals surface area contributed by atoms with Crippen molar-refractivity contribution >= 4 is 0 Å². The fourth-order valence-electron chi connectivity index (χ4n) is 1.38. The molecule has 0 aliphatic carbocycles. The Kier molecular flexibility index (Phi) is 2.69. The number of hydrogen-bond donors (Lipinski definition) is 0. The molecule has 16 heavy (non-hydrogen) atoms. The zero-order chi connectivity index (χ0) is 11.5. The highest BCUT2D eigenvalue weighted by Gasteiger charge is 2.10. The normalized spacial score (nSPS) is 10.1. The first-order valence-corrected chi connectivity index (χ1v) is 4.80. The summed E-state index contributed by atoms with van der Waals surface area (Å²) in [6, 6.07) is 7.90. The predicted molar refractivity (Wildman–Crippen MR) is 56.0 cm³/mol. The van der Waals surface area contributed by atoms with Crippen LogP contribution in [0.1, 0.15) is 11.5 Å². The predicted octanol–water partition coefficient (Wildman–Crippen LogP) is 2.86. The first kappa shape index (κ1) is 10.4. The molecule has 0 saturated heterocycles. The highest BCUT2D eigenvalue weighted by atomic mass is 19.1. The molecule has 2 rings (SSSR count). The van der Waals surface area contributed by atoms with E-state index in [-0.39, 0.29) is 12.2 Å². The summed E-state index contributed by atoms with van der Waals surface area (Å²) in [4.78, 5) is 4.19. The molecule has 1 aromatic carbocycles. The van der Waals surface area contributed by atoms with Gasteiger partial charge in [0.15, 0.2) is 0 Å². The third kappa shape index (κ3) is 1.94. The van der Waals surface area contributed by atoms with Crippen molar-refractivity contribution in [2.24, 2.45) is 0 Å². The first-order valence-electron chi connectivity index (χ1n) is 4.80. The van der Waals surface area contributed by atoms with Crippen LogP contribution in [0.5, 0.6) is 0 Å². The van der Waals surface area contributed by atoms with Gasteiger partial charge >= 0.3 is 0 Å². The summed E-state index contributed by atoms with van der Waals surface area (Å²) in [5.74, 6) is 0.743. The van der Waals surface area contributed by atoms with E-state index in [0.29, 0.717) is 22.9 Å². The summed E-state index contributed by atoms with van der Waals surface area (Å²) >= 11 is 0. The highest BCUT2D eigenvalue weighted by Crippen LogP contribution is 2.21. The number of hydrogen-bond acceptors (Lipinski definition) is 3. The molecule has 0 unspecified atom stereocenters. The van der Waals surface area contributed by atoms with E-state index in [1.54, 1.807) is 19.1 Å². The SMILES string of the molecule is Cc1oc(-c2ccc(F)cc2)nc1CC#N. The number of oxazole rings is 1. The van der Waals surface area contributed by atoms with Crippen LogP contribution < -0.4 is 0 Å². The number of halogens is 1. The quantitative estimate of drug-likeness (QED) is 0.775. The van der Waals surface area contributed by atoms with Crippen LogP contribution in [0.3, 0.4) is 0 Å². The Labute approximate surface area is 92.2 Å². The highest BCUT2D eigenvalue weighted by molar-refractivity contribution is 5.53. The standard InChI is InChI=1S/C12H9FN2O/c1-8-11(6-7-14)15-12(16-8)9-2-4-10(13)5-3-9/h2-5H,6H2,1H3. The molecule has 0 amide bonds. The van der Waals surface area contributed by atoms with E-state index in [0.717, 1.165) is 0 Å². The first-order chi connectivity index (χ1) is 7.70. The summed E-state index contributed by atoms with van der Waals surface area (Å²) in [6.45, 7) is 1.76. The Morgan fingerprint density at radius 2 is 2.06 bits per heavy atom. The minimum Gasteiger partial charge on any atom is -0.441 e. The van der Waals surface area contributed by atoms with Crippen molar-refractivity contribution in [1.82, 2.24) is 4.98 Å². The van der Waals surface area contributed by atoms with Crippen molar-refractivity contribution in [2.45, 2.75) is 13.3 Å². The number of nitriles is 1. The van der Waals surface area contributed by atoms with Gasteiger partial charge in [-0.3, -0.25) is 0 Å². The van der Waals surface area contributed by atoms with Crippen molar-refractivity contribution in [2.75, 3.05) is 0 Å². The molecule has 0 spiro atoms. The molecule has 1 aromatic heterocycles. The Hall–Kier alpha value is -2.15. The Morgan fingerprint density at radius 3 is 2.69 bits per heavy atom. The molecule has 2 aromatic rings. The van der Waals surface area contributed by atoms with Crippen LogP contribution in [0.15, 0.2) is 28.7 Å². The molecular formula is C12H9FN2O. The fraction of sp³-hybridized carbons (Fsp3) is 0.167. The topological polar surface area (TPSA) is 49.8 Å². The minimum absolute atomic E-state index is 0.219. The Balaban J connectivity index is 2.38. The van der Waals surface area contributed by atoms with Crippen molar-refractivity contribution in [3.63, 3.8) is 0 Å². The van der Waals surface area contributed by atoms with Crippen LogP contribution in [-0.2, 0) is 6.42 Å². The number of nitrogens with zero attached hydrogens (tertiary/aromatic N) is 2. The summed E-state index contributed by atoms with van der Waals surface area (Å²) in [5, 5.41) is 8.58. The van der Waals surface area contributed by atoms with E-state index in [1.165, 1.54) is 12.1 Å². The number of rotatable bonds is 2. The van der Waals surface area contributed by atoms with Crippen molar-refractivity contribution in [3.05, 3.63) is 41.5 Å². The van der Waals surface area contributed by atoms with E-state index in [9.17, 15) is 4.39 Å². The van der Waals surface area contributed by atoms with Crippen molar-refractivity contribution in [1.29, 1.82) is 5.26 Å². The Bertz CT molecular complexity index is 537. The minimum atomic E-state index is -0.302. The summed E-state index contributed by atoms with van der Waals surface area (Å²) in [5.41, 5.74) is 1.33. The summed E-state index contributed by atoms with van der Waals surface area (Å²) in [6.07, 6.45) is 0.219. The molecule has 0 saturated carbocycles. The van der Waals surface area contributed by atoms with E-state index in [2.05, 4.69) is 4.98 Å². The zero-order valence-electron chi connectivity index (χ0n) is 8.70. The van der Waals surface area contributed by atoms with E-state index < -0.39 is 0 Å². The molecule has 80 valence electrons. The van der Waals surface area contributed by atoms with Gasteiger partial charge in [-0.2, -0.15) is 5.26 Å². The van der Waals surface area contributed by atoms with Gasteiger partial charge in [0.1, 0.15) is 11.6 Å². The van der Waals surface area contributed by atoms with Crippen LogP contribution in [0.4, 0.5) is 4.39 Å². The van der Waals surface area contributed by atoms with Gasteiger partial charge in [0.25, 0.3) is 0 Å². The Morgan fingerprint density at radius 1 is 1.38 bits per heavy atom. The molecule has 0 aliphatic rings. The maximum absolute atomic E-state index is 12.7. The van der Waals surface area contributed by atoms with Gasteiger partial charge < -0.3 is 4.42 Å². The molecule has 0 N–H and O–H groups in total. The molecule has 4 heteroatoms. The zero-order valence-corrected chi connectivity index (χ0v) is 8.70. The lowest BCUT2D eigenvalue weighted by atomic mass is 10.2. The van der Waals surface area contributed by atoms with Crippen LogP contribution in [0, 0.1) is 24.1 Å². The summed E-state index contributed by atoms with van der Waals surface area (Å²) < 4.78 is 18.1. The van der Waals surface area contributed by atoms with E-state index in [1.807, 2.05) is 6.07 Å². The van der Waals surface area contributed by atoms with Gasteiger partial charge in [0.2, 0.25) is 5.89 Å². The second-order valence-corrected chi connectivity index (χ2v) is 3.36. The van der Waals surface area contributed by atoms with Crippen LogP contribution in [0.2, 0.25) is 0 Å². The second kappa shape index (κ2) is 4.15. The average molecular weight is 216 g/mol. The number of aromatic nitrogens is 1. The van der Waals surface area contributed by atoms with Gasteiger partial charge in [-0.05, 0) is 31.2 Å². The van der Waals surface area contributed by atoms with Crippen LogP contribution in [-0.4, -0.2) is 4.98 Å². The summed E-state index contributed by atoms with van der Waals surface area (Å²) in [7, 11) is 0. The maximum Gasteiger partial charge on any atom is 0.226 e. The average Bonchev–Trinajstić information content (AvgIpc) is 2.62. The molecule has 0 radical (unpaired) electrons. The van der Waals surface area contributed by atoms with E-state index >= 15 is 0 Å². The monoisotopic (exact) mass is 216 g/mol. The maximum atomic E-state index is 12.7. The molecule has 3 nitrogen and oxygen atoms in total. The lowest BCUT2D eigenvalue weighted by molar-refractivity contribution is 0.540. The van der Waals surface area contributed by atoms with Gasteiger partial charge in [0, 0.05) is 5.56 Å². The molecule has 0 atom stereocenters. The fourth-order valence-corrected chi connectivity index (χ4v) is 1.38. The van der Waals surface area contributed by atoms with Crippen LogP contribution >= 0.6 is 0 Å². The number of aryl methyl sites for hydroxylation is 1. The smallest absolute Gasteiger partial charge is 0.226 e. The van der Waals surface area contributed by atoms with Gasteiger partial charge in [-0.1, -0.05) is 0 Å². The van der Waals surface area contributed by atoms with Crippen LogP contribution in [0.25, 0.3) is 11.5 Å². The van der Waals surface area contributed by atoms with Crippen molar-refractivity contribution in [3.8, 4) is 17.5 Å². The molecule has 0 aliphatic heterocycles.